The third-order valence-electron chi connectivity index (χ3n) is 3.02. The Kier molecular flexibility index (Phi) is 5.64. The van der Waals surface area contributed by atoms with E-state index < -0.39 is 6.04 Å². The van der Waals surface area contributed by atoms with Crippen LogP contribution in [0.25, 0.3) is 0 Å². The van der Waals surface area contributed by atoms with Crippen molar-refractivity contribution in [2.45, 2.75) is 71.0 Å². The predicted octanol–water partition coefficient (Wildman–Crippen LogP) is 2.74. The Labute approximate surface area is 128 Å². The molecule has 21 heavy (non-hydrogen) atoms. The van der Waals surface area contributed by atoms with Crippen molar-refractivity contribution in [1.82, 2.24) is 5.06 Å². The van der Waals surface area contributed by atoms with Crippen LogP contribution < -0.4 is 0 Å². The molecule has 0 radical (unpaired) electrons. The second-order valence-electron chi connectivity index (χ2n) is 7.28. The molecule has 0 aromatic heterocycles. The van der Waals surface area contributed by atoms with Gasteiger partial charge in [-0.3, -0.25) is 0 Å². The zero-order valence-electron chi connectivity index (χ0n) is 14.3. The van der Waals surface area contributed by atoms with Crippen molar-refractivity contribution >= 4 is 0 Å². The molecule has 122 valence electrons. The van der Waals surface area contributed by atoms with Crippen LogP contribution in [0.1, 0.15) is 41.5 Å². The topological polar surface area (TPSA) is 51.2 Å². The van der Waals surface area contributed by atoms with E-state index in [1.54, 1.807) is 0 Å². The summed E-state index contributed by atoms with van der Waals surface area (Å²) in [5.41, 5.74) is 2.03. The molecule has 0 aromatic carbocycles. The first kappa shape index (κ1) is 18.2. The summed E-state index contributed by atoms with van der Waals surface area (Å²) in [6.07, 6.45) is -0.629. The van der Waals surface area contributed by atoms with E-state index in [1.807, 2.05) is 41.5 Å². The molecule has 1 rings (SSSR count). The molecule has 5 heteroatoms. The number of nitrogens with zero attached hydrogens (tertiary/aromatic N) is 1. The van der Waals surface area contributed by atoms with Crippen molar-refractivity contribution < 1.29 is 19.4 Å². The lowest BCUT2D eigenvalue weighted by atomic mass is 10.1. The summed E-state index contributed by atoms with van der Waals surface area (Å²) in [4.78, 5) is 0. The average Bonchev–Trinajstić information content (AvgIpc) is 2.54. The highest BCUT2D eigenvalue weighted by atomic mass is 16.6. The van der Waals surface area contributed by atoms with E-state index in [1.165, 1.54) is 12.2 Å². The number of hydroxylamine groups is 2. The molecule has 5 nitrogen and oxygen atoms in total. The molecule has 1 saturated heterocycles. The number of ether oxygens (including phenoxy) is 3. The fourth-order valence-corrected chi connectivity index (χ4v) is 2.46. The minimum Gasteiger partial charge on any atom is -0.491 e. The minimum absolute atomic E-state index is 0.266. The first-order valence-corrected chi connectivity index (χ1v) is 7.23. The van der Waals surface area contributed by atoms with E-state index in [4.69, 9.17) is 14.2 Å². The van der Waals surface area contributed by atoms with Crippen LogP contribution in [0.5, 0.6) is 0 Å². The smallest absolute Gasteiger partial charge is 0.159 e. The van der Waals surface area contributed by atoms with Crippen molar-refractivity contribution in [3.63, 3.8) is 0 Å². The molecule has 1 heterocycles. The Morgan fingerprint density at radius 2 is 1.67 bits per heavy atom. The standard InChI is InChI=1S/C16H29NO4/c1-9-11(19-8)13-14(21-16(5,6)7)12(10-17(13)18)20-15(2,3)4/h12-14,18H,1,10H2,2-8H3/t12-,13-,14+/m0/s1. The summed E-state index contributed by atoms with van der Waals surface area (Å²) >= 11 is 0. The Bertz CT molecular complexity index is 401. The van der Waals surface area contributed by atoms with Gasteiger partial charge in [0.25, 0.3) is 0 Å². The normalized spacial score (nSPS) is 27.5. The summed E-state index contributed by atoms with van der Waals surface area (Å²) in [5, 5.41) is 11.4. The molecule has 0 amide bonds. The largest absolute Gasteiger partial charge is 0.491 e. The monoisotopic (exact) mass is 299 g/mol. The highest BCUT2D eigenvalue weighted by Gasteiger charge is 2.48. The van der Waals surface area contributed by atoms with Gasteiger partial charge in [0.15, 0.2) is 5.76 Å². The van der Waals surface area contributed by atoms with Crippen molar-refractivity contribution in [1.29, 1.82) is 0 Å². The number of rotatable bonds is 4. The van der Waals surface area contributed by atoms with Crippen LogP contribution in [0, 0.1) is 0 Å². The summed E-state index contributed by atoms with van der Waals surface area (Å²) < 4.78 is 17.5. The van der Waals surface area contributed by atoms with E-state index in [-0.39, 0.29) is 23.4 Å². The molecule has 0 aliphatic carbocycles. The molecule has 1 N–H and O–H groups in total. The number of hydrogen-bond acceptors (Lipinski definition) is 5. The molecule has 1 aliphatic rings. The molecule has 0 aromatic rings. The molecular weight excluding hydrogens is 270 g/mol. The maximum atomic E-state index is 10.3. The van der Waals surface area contributed by atoms with Gasteiger partial charge in [-0.25, -0.2) is 0 Å². The van der Waals surface area contributed by atoms with Crippen LogP contribution >= 0.6 is 0 Å². The summed E-state index contributed by atoms with van der Waals surface area (Å²) in [7, 11) is 1.54. The molecule has 1 aliphatic heterocycles. The molecule has 3 atom stereocenters. The highest BCUT2D eigenvalue weighted by Crippen LogP contribution is 2.32. The van der Waals surface area contributed by atoms with Crippen molar-refractivity contribution in [2.75, 3.05) is 13.7 Å². The quantitative estimate of drug-likeness (QED) is 0.639. The lowest BCUT2D eigenvalue weighted by Gasteiger charge is -2.34. The fraction of sp³-hybridized carbons (Fsp3) is 0.812. The van der Waals surface area contributed by atoms with Crippen LogP contribution in [0.2, 0.25) is 0 Å². The van der Waals surface area contributed by atoms with Gasteiger partial charge in [-0.1, -0.05) is 12.3 Å². The van der Waals surface area contributed by atoms with Crippen LogP contribution in [-0.4, -0.2) is 53.4 Å². The first-order valence-electron chi connectivity index (χ1n) is 7.23. The average molecular weight is 299 g/mol. The molecule has 0 unspecified atom stereocenters. The summed E-state index contributed by atoms with van der Waals surface area (Å²) in [6, 6.07) is -0.473. The predicted molar refractivity (Wildman–Crippen MR) is 81.2 cm³/mol. The van der Waals surface area contributed by atoms with Crippen LogP contribution in [-0.2, 0) is 14.2 Å². The first-order chi connectivity index (χ1) is 9.48. The van der Waals surface area contributed by atoms with Gasteiger partial charge in [-0.15, -0.1) is 0 Å². The molecule has 0 saturated carbocycles. The number of hydrogen-bond donors (Lipinski definition) is 1. The maximum absolute atomic E-state index is 10.3. The molecular formula is C16H29NO4. The van der Waals surface area contributed by atoms with E-state index >= 15 is 0 Å². The summed E-state index contributed by atoms with van der Waals surface area (Å²) in [6.45, 7) is 15.8. The lowest BCUT2D eigenvalue weighted by Crippen LogP contribution is -2.45. The SMILES string of the molecule is C=C=C(OC)[C@H]1[C@H](OC(C)(C)C)[C@@H](OC(C)(C)C)CN1O. The van der Waals surface area contributed by atoms with Crippen molar-refractivity contribution in [3.05, 3.63) is 18.1 Å². The van der Waals surface area contributed by atoms with Gasteiger partial charge in [0.05, 0.1) is 24.9 Å². The Morgan fingerprint density at radius 1 is 1.14 bits per heavy atom. The van der Waals surface area contributed by atoms with Gasteiger partial charge in [-0.2, -0.15) is 5.06 Å². The van der Waals surface area contributed by atoms with Crippen molar-refractivity contribution in [3.8, 4) is 0 Å². The van der Waals surface area contributed by atoms with Gasteiger partial charge in [0, 0.05) is 0 Å². The second kappa shape index (κ2) is 6.51. The number of methoxy groups -OCH3 is 1. The minimum atomic E-state index is -0.473. The Hall–Kier alpha value is -0.840. The third kappa shape index (κ3) is 5.13. The molecule has 1 fully saturated rings. The summed E-state index contributed by atoms with van der Waals surface area (Å²) in [5.74, 6) is 0.451. The zero-order chi connectivity index (χ0) is 16.4. The highest BCUT2D eigenvalue weighted by molar-refractivity contribution is 5.11. The second-order valence-corrected chi connectivity index (χ2v) is 7.28. The van der Waals surface area contributed by atoms with Crippen LogP contribution in [0.4, 0.5) is 0 Å². The van der Waals surface area contributed by atoms with Gasteiger partial charge in [-0.05, 0) is 41.5 Å². The van der Waals surface area contributed by atoms with Crippen LogP contribution in [0.15, 0.2) is 18.1 Å². The van der Waals surface area contributed by atoms with Gasteiger partial charge in [0.1, 0.15) is 18.2 Å². The molecule has 0 spiro atoms. The van der Waals surface area contributed by atoms with E-state index in [0.717, 1.165) is 0 Å². The maximum Gasteiger partial charge on any atom is 0.159 e. The third-order valence-corrected chi connectivity index (χ3v) is 3.02. The fourth-order valence-electron chi connectivity index (χ4n) is 2.46. The Balaban J connectivity index is 3.08. The molecule has 0 bridgehead atoms. The van der Waals surface area contributed by atoms with E-state index in [9.17, 15) is 5.21 Å². The lowest BCUT2D eigenvalue weighted by molar-refractivity contribution is -0.156. The Morgan fingerprint density at radius 3 is 2.05 bits per heavy atom. The van der Waals surface area contributed by atoms with Gasteiger partial charge < -0.3 is 19.4 Å². The van der Waals surface area contributed by atoms with Crippen LogP contribution in [0.3, 0.4) is 0 Å². The van der Waals surface area contributed by atoms with E-state index in [0.29, 0.717) is 12.3 Å². The van der Waals surface area contributed by atoms with Gasteiger partial charge in [0.2, 0.25) is 0 Å². The van der Waals surface area contributed by atoms with E-state index in [2.05, 4.69) is 12.3 Å². The van der Waals surface area contributed by atoms with Crippen molar-refractivity contribution in [2.24, 2.45) is 0 Å². The van der Waals surface area contributed by atoms with Gasteiger partial charge >= 0.3 is 0 Å². The zero-order valence-corrected chi connectivity index (χ0v) is 14.3.